The van der Waals surface area contributed by atoms with Crippen LogP contribution in [0.15, 0.2) is 0 Å². The Morgan fingerprint density at radius 2 is 0.897 bits per heavy atom. The smallest absolute Gasteiger partial charge is 0.129 e. The number of rotatable bonds is 20. The molecule has 174 valence electrons. The highest BCUT2D eigenvalue weighted by Gasteiger charge is 2.40. The van der Waals surface area contributed by atoms with Crippen LogP contribution in [-0.2, 0) is 4.74 Å². The number of hydrogen-bond donors (Lipinski definition) is 3. The molecule has 1 unspecified atom stereocenters. The maximum absolute atomic E-state index is 9.86. The second-order valence-corrected chi connectivity index (χ2v) is 9.71. The molecule has 1 saturated heterocycles. The van der Waals surface area contributed by atoms with Gasteiger partial charge in [-0.2, -0.15) is 0 Å². The molecule has 29 heavy (non-hydrogen) atoms. The Morgan fingerprint density at radius 3 is 1.21 bits per heavy atom. The van der Waals surface area contributed by atoms with Crippen LogP contribution >= 0.6 is 12.6 Å². The molecule has 0 saturated carbocycles. The number of unbranched alkanes of at least 4 members (excludes halogenated alkanes) is 18. The van der Waals surface area contributed by atoms with Crippen LogP contribution in [0, 0.1) is 0 Å². The highest BCUT2D eigenvalue weighted by Crippen LogP contribution is 2.27. The van der Waals surface area contributed by atoms with Crippen molar-refractivity contribution in [2.24, 2.45) is 0 Å². The molecule has 1 rings (SSSR count). The van der Waals surface area contributed by atoms with Gasteiger partial charge in [0.25, 0.3) is 0 Å². The van der Waals surface area contributed by atoms with Crippen molar-refractivity contribution in [3.8, 4) is 0 Å². The lowest BCUT2D eigenvalue weighted by Crippen LogP contribution is -2.30. The molecule has 0 amide bonds. The van der Waals surface area contributed by atoms with E-state index >= 15 is 0 Å². The van der Waals surface area contributed by atoms with Gasteiger partial charge in [-0.3, -0.25) is 0 Å². The molecule has 1 heterocycles. The molecule has 2 N–H and O–H groups in total. The van der Waals surface area contributed by atoms with Crippen molar-refractivity contribution in [3.05, 3.63) is 0 Å². The van der Waals surface area contributed by atoms with Crippen molar-refractivity contribution < 1.29 is 14.9 Å². The minimum absolute atomic E-state index is 0.238. The third kappa shape index (κ3) is 14.0. The van der Waals surface area contributed by atoms with E-state index in [1.807, 2.05) is 0 Å². The lowest BCUT2D eigenvalue weighted by atomic mass is 10.0. The zero-order chi connectivity index (χ0) is 21.2. The third-order valence-corrected chi connectivity index (χ3v) is 6.86. The Bertz CT molecular complexity index is 353. The molecule has 0 radical (unpaired) electrons. The highest BCUT2D eigenvalue weighted by atomic mass is 32.1. The van der Waals surface area contributed by atoms with Crippen LogP contribution in [0.3, 0.4) is 0 Å². The Morgan fingerprint density at radius 1 is 0.552 bits per heavy atom. The normalized spacial score (nSPS) is 24.4. The first kappa shape index (κ1) is 27.3. The van der Waals surface area contributed by atoms with Crippen molar-refractivity contribution in [1.82, 2.24) is 0 Å². The SMILES string of the molecule is CCCCCCCCCCCCCCCCCCCCC[C@H]1OC(S)[C@H](O)[C@@H]1O. The predicted molar refractivity (Wildman–Crippen MR) is 128 cm³/mol. The zero-order valence-corrected chi connectivity index (χ0v) is 20.1. The number of thiol groups is 1. The molecule has 1 aliphatic heterocycles. The van der Waals surface area contributed by atoms with Gasteiger partial charge in [0.05, 0.1) is 6.10 Å². The Hall–Kier alpha value is 0.230. The van der Waals surface area contributed by atoms with Crippen LogP contribution in [0.5, 0.6) is 0 Å². The van der Waals surface area contributed by atoms with Gasteiger partial charge in [-0.1, -0.05) is 129 Å². The van der Waals surface area contributed by atoms with Gasteiger partial charge in [-0.15, -0.1) is 12.6 Å². The molecule has 0 aromatic carbocycles. The zero-order valence-electron chi connectivity index (χ0n) is 19.2. The molecule has 0 aromatic heterocycles. The fourth-order valence-electron chi connectivity index (χ4n) is 4.39. The molecule has 3 nitrogen and oxygen atoms in total. The minimum Gasteiger partial charge on any atom is -0.388 e. The van der Waals surface area contributed by atoms with Crippen LogP contribution in [0.4, 0.5) is 0 Å². The Kier molecular flexibility index (Phi) is 17.8. The largest absolute Gasteiger partial charge is 0.388 e. The first-order valence-electron chi connectivity index (χ1n) is 12.9. The number of aliphatic hydroxyl groups excluding tert-OH is 2. The van der Waals surface area contributed by atoms with E-state index in [1.165, 1.54) is 116 Å². The standard InChI is InChI=1S/C25H50O3S/c1-2-3-4-5-6-7-8-9-10-11-12-13-14-15-16-17-18-19-20-21-22-23(26)24(27)25(29)28-22/h22-27,29H,2-21H2,1H3/t22-,23-,24-,25?/m1/s1. The van der Waals surface area contributed by atoms with E-state index in [4.69, 9.17) is 4.74 Å². The van der Waals surface area contributed by atoms with Crippen molar-refractivity contribution in [2.75, 3.05) is 0 Å². The van der Waals surface area contributed by atoms with Gasteiger partial charge in [0.2, 0.25) is 0 Å². The molecule has 4 heteroatoms. The molecule has 1 fully saturated rings. The van der Waals surface area contributed by atoms with E-state index in [-0.39, 0.29) is 6.10 Å². The van der Waals surface area contributed by atoms with E-state index in [9.17, 15) is 10.2 Å². The Labute approximate surface area is 186 Å². The quantitative estimate of drug-likeness (QED) is 0.141. The summed E-state index contributed by atoms with van der Waals surface area (Å²) in [5.41, 5.74) is -0.532. The van der Waals surface area contributed by atoms with Gasteiger partial charge < -0.3 is 14.9 Å². The fourth-order valence-corrected chi connectivity index (χ4v) is 4.72. The van der Waals surface area contributed by atoms with Crippen LogP contribution in [0.2, 0.25) is 0 Å². The molecule has 4 atom stereocenters. The number of ether oxygens (including phenoxy) is 1. The van der Waals surface area contributed by atoms with Crippen LogP contribution < -0.4 is 0 Å². The molecule has 0 aromatic rings. The molecular formula is C25H50O3S. The lowest BCUT2D eigenvalue weighted by molar-refractivity contribution is 0.0175. The van der Waals surface area contributed by atoms with Crippen LogP contribution in [-0.4, -0.2) is 34.0 Å². The molecule has 0 bridgehead atoms. The minimum atomic E-state index is -0.844. The van der Waals surface area contributed by atoms with Crippen LogP contribution in [0.25, 0.3) is 0 Å². The summed E-state index contributed by atoms with van der Waals surface area (Å²) >= 11 is 4.14. The summed E-state index contributed by atoms with van der Waals surface area (Å²) in [6.07, 6.45) is 25.2. The second kappa shape index (κ2) is 19.0. The number of aliphatic hydroxyl groups is 2. The monoisotopic (exact) mass is 430 g/mol. The summed E-state index contributed by atoms with van der Waals surface area (Å²) in [5.74, 6) is 0. The van der Waals surface area contributed by atoms with Crippen LogP contribution in [0.1, 0.15) is 135 Å². The summed E-state index contributed by atoms with van der Waals surface area (Å²) < 4.78 is 5.49. The second-order valence-electron chi connectivity index (χ2n) is 9.20. The summed E-state index contributed by atoms with van der Waals surface area (Å²) in [6.45, 7) is 2.29. The maximum atomic E-state index is 9.86. The predicted octanol–water partition coefficient (Wildman–Crippen LogP) is 7.18. The molecular weight excluding hydrogens is 380 g/mol. The van der Waals surface area contributed by atoms with Gasteiger partial charge in [0.1, 0.15) is 17.6 Å². The average Bonchev–Trinajstić information content (AvgIpc) is 2.96. The van der Waals surface area contributed by atoms with Gasteiger partial charge in [0, 0.05) is 0 Å². The number of hydrogen-bond acceptors (Lipinski definition) is 4. The van der Waals surface area contributed by atoms with Gasteiger partial charge >= 0.3 is 0 Å². The fraction of sp³-hybridized carbons (Fsp3) is 1.00. The Balaban J connectivity index is 1.71. The van der Waals surface area contributed by atoms with E-state index in [1.54, 1.807) is 0 Å². The summed E-state index contributed by atoms with van der Waals surface area (Å²) in [7, 11) is 0. The highest BCUT2D eigenvalue weighted by molar-refractivity contribution is 7.80. The molecule has 1 aliphatic rings. The summed E-state index contributed by atoms with van der Waals surface area (Å²) in [5, 5.41) is 19.5. The van der Waals surface area contributed by atoms with Crippen molar-refractivity contribution >= 4 is 12.6 Å². The van der Waals surface area contributed by atoms with Gasteiger partial charge in [0.15, 0.2) is 0 Å². The van der Waals surface area contributed by atoms with Gasteiger partial charge in [-0.05, 0) is 6.42 Å². The van der Waals surface area contributed by atoms with E-state index in [0.717, 1.165) is 12.8 Å². The maximum Gasteiger partial charge on any atom is 0.129 e. The topological polar surface area (TPSA) is 49.7 Å². The van der Waals surface area contributed by atoms with Gasteiger partial charge in [-0.25, -0.2) is 0 Å². The van der Waals surface area contributed by atoms with Crippen molar-refractivity contribution in [1.29, 1.82) is 0 Å². The summed E-state index contributed by atoms with van der Waals surface area (Å²) in [6, 6.07) is 0. The molecule has 0 spiro atoms. The van der Waals surface area contributed by atoms with E-state index < -0.39 is 17.6 Å². The molecule has 0 aliphatic carbocycles. The summed E-state index contributed by atoms with van der Waals surface area (Å²) in [4.78, 5) is 0. The van der Waals surface area contributed by atoms with E-state index in [2.05, 4.69) is 19.6 Å². The average molecular weight is 431 g/mol. The van der Waals surface area contributed by atoms with E-state index in [0.29, 0.717) is 0 Å². The lowest BCUT2D eigenvalue weighted by Gasteiger charge is -2.13. The first-order chi connectivity index (χ1) is 14.2. The first-order valence-corrected chi connectivity index (χ1v) is 13.4. The third-order valence-electron chi connectivity index (χ3n) is 6.43. The van der Waals surface area contributed by atoms with Crippen molar-refractivity contribution in [2.45, 2.75) is 159 Å². The van der Waals surface area contributed by atoms with Crippen molar-refractivity contribution in [3.63, 3.8) is 0 Å².